The fourth-order valence-electron chi connectivity index (χ4n) is 2.64. The van der Waals surface area contributed by atoms with Gasteiger partial charge in [0.1, 0.15) is 0 Å². The summed E-state index contributed by atoms with van der Waals surface area (Å²) in [7, 11) is 0. The fraction of sp³-hybridized carbons (Fsp3) is 0.176. The zero-order valence-corrected chi connectivity index (χ0v) is 13.6. The lowest BCUT2D eigenvalue weighted by Crippen LogP contribution is -2.06. The minimum atomic E-state index is -4.38. The number of hydrogen-bond acceptors (Lipinski definition) is 0. The molecule has 6 heteroatoms. The van der Waals surface area contributed by atoms with Crippen molar-refractivity contribution in [1.29, 1.82) is 0 Å². The highest BCUT2D eigenvalue weighted by molar-refractivity contribution is 6.36. The number of hydrogen-bond donors (Lipinski definition) is 0. The van der Waals surface area contributed by atoms with Crippen molar-refractivity contribution in [3.05, 3.63) is 69.3 Å². The van der Waals surface area contributed by atoms with Gasteiger partial charge in [-0.15, -0.1) is 0 Å². The number of nitrogens with zero attached hydrogens (tertiary/aromatic N) is 1. The lowest BCUT2D eigenvalue weighted by atomic mass is 10.1. The fourth-order valence-corrected chi connectivity index (χ4v) is 3.13. The van der Waals surface area contributed by atoms with E-state index in [-0.39, 0.29) is 5.39 Å². The molecule has 0 saturated carbocycles. The van der Waals surface area contributed by atoms with Crippen LogP contribution in [0.5, 0.6) is 0 Å². The number of rotatable bonds is 2. The Kier molecular flexibility index (Phi) is 4.07. The third-order valence-electron chi connectivity index (χ3n) is 3.83. The monoisotopic (exact) mass is 357 g/mol. The summed E-state index contributed by atoms with van der Waals surface area (Å²) in [5, 5.41) is 1.20. The largest absolute Gasteiger partial charge is 0.417 e. The second-order valence-corrected chi connectivity index (χ2v) is 6.12. The van der Waals surface area contributed by atoms with Gasteiger partial charge in [0.15, 0.2) is 0 Å². The van der Waals surface area contributed by atoms with Crippen LogP contribution in [-0.4, -0.2) is 4.57 Å². The maximum atomic E-state index is 13.1. The van der Waals surface area contributed by atoms with E-state index in [0.717, 1.165) is 11.6 Å². The molecule has 3 rings (SSSR count). The molecule has 0 spiro atoms. The molecule has 0 amide bonds. The summed E-state index contributed by atoms with van der Waals surface area (Å²) in [5.41, 5.74) is 1.42. The van der Waals surface area contributed by atoms with Crippen LogP contribution in [0.1, 0.15) is 16.7 Å². The number of halogens is 5. The van der Waals surface area contributed by atoms with Crippen molar-refractivity contribution < 1.29 is 13.2 Å². The van der Waals surface area contributed by atoms with E-state index < -0.39 is 11.7 Å². The Bertz CT molecular complexity index is 881. The van der Waals surface area contributed by atoms with E-state index in [0.29, 0.717) is 27.7 Å². The van der Waals surface area contributed by atoms with E-state index in [1.54, 1.807) is 22.9 Å². The Balaban J connectivity index is 2.12. The minimum absolute atomic E-state index is 0.167. The highest BCUT2D eigenvalue weighted by atomic mass is 35.5. The molecule has 2 aromatic carbocycles. The Morgan fingerprint density at radius 3 is 2.48 bits per heavy atom. The molecule has 0 bridgehead atoms. The zero-order valence-electron chi connectivity index (χ0n) is 12.1. The zero-order chi connectivity index (χ0) is 16.8. The molecule has 0 saturated heterocycles. The van der Waals surface area contributed by atoms with Gasteiger partial charge in [0, 0.05) is 32.7 Å². The third-order valence-corrected chi connectivity index (χ3v) is 4.71. The SMILES string of the molecule is Cc1ccc(Cl)c(Cn2ccc3c(C(F)(F)F)cccc32)c1Cl. The summed E-state index contributed by atoms with van der Waals surface area (Å²) in [6, 6.07) is 9.16. The van der Waals surface area contributed by atoms with E-state index >= 15 is 0 Å². The van der Waals surface area contributed by atoms with Crippen molar-refractivity contribution in [3.8, 4) is 0 Å². The smallest absolute Gasteiger partial charge is 0.343 e. The molecule has 120 valence electrons. The number of benzene rings is 2. The highest BCUT2D eigenvalue weighted by Gasteiger charge is 2.32. The summed E-state index contributed by atoms with van der Waals surface area (Å²) >= 11 is 12.5. The van der Waals surface area contributed by atoms with E-state index in [1.165, 1.54) is 12.1 Å². The molecule has 0 aliphatic rings. The number of aromatic nitrogens is 1. The standard InChI is InChI=1S/C17H12Cl2F3N/c1-10-5-6-14(18)12(16(10)19)9-23-8-7-11-13(17(20,21)22)3-2-4-15(11)23/h2-8H,9H2,1H3. The quantitative estimate of drug-likeness (QED) is 0.505. The molecular formula is C17H12Cl2F3N. The molecule has 0 fully saturated rings. The molecule has 1 aromatic heterocycles. The summed E-state index contributed by atoms with van der Waals surface area (Å²) in [5.74, 6) is 0. The van der Waals surface area contributed by atoms with Gasteiger partial charge in [0.25, 0.3) is 0 Å². The molecule has 0 radical (unpaired) electrons. The van der Waals surface area contributed by atoms with Gasteiger partial charge in [0.05, 0.1) is 12.1 Å². The molecule has 0 aliphatic carbocycles. The average Bonchev–Trinajstić information content (AvgIpc) is 2.89. The first-order valence-electron chi connectivity index (χ1n) is 6.87. The van der Waals surface area contributed by atoms with Crippen molar-refractivity contribution in [1.82, 2.24) is 4.57 Å². The van der Waals surface area contributed by atoms with Crippen LogP contribution < -0.4 is 0 Å². The normalized spacial score (nSPS) is 12.1. The van der Waals surface area contributed by atoms with E-state index in [2.05, 4.69) is 0 Å². The second kappa shape index (κ2) is 5.77. The Morgan fingerprint density at radius 1 is 1.04 bits per heavy atom. The Hall–Kier alpha value is -1.65. The van der Waals surface area contributed by atoms with Gasteiger partial charge in [-0.1, -0.05) is 35.3 Å². The topological polar surface area (TPSA) is 4.93 Å². The van der Waals surface area contributed by atoms with Crippen LogP contribution in [0.4, 0.5) is 13.2 Å². The van der Waals surface area contributed by atoms with Crippen molar-refractivity contribution in [2.45, 2.75) is 19.6 Å². The van der Waals surface area contributed by atoms with Gasteiger partial charge in [-0.05, 0) is 36.8 Å². The van der Waals surface area contributed by atoms with Crippen LogP contribution >= 0.6 is 23.2 Å². The van der Waals surface area contributed by atoms with Gasteiger partial charge < -0.3 is 4.57 Å². The molecule has 3 aromatic rings. The third kappa shape index (κ3) is 2.93. The first-order chi connectivity index (χ1) is 10.8. The average molecular weight is 358 g/mol. The van der Waals surface area contributed by atoms with Crippen molar-refractivity contribution in [2.24, 2.45) is 0 Å². The van der Waals surface area contributed by atoms with Crippen LogP contribution in [0, 0.1) is 6.92 Å². The van der Waals surface area contributed by atoms with Crippen LogP contribution in [0.15, 0.2) is 42.6 Å². The van der Waals surface area contributed by atoms with Crippen molar-refractivity contribution in [2.75, 3.05) is 0 Å². The highest BCUT2D eigenvalue weighted by Crippen LogP contribution is 2.36. The van der Waals surface area contributed by atoms with Gasteiger partial charge in [-0.25, -0.2) is 0 Å². The predicted molar refractivity (Wildman–Crippen MR) is 87.2 cm³/mol. The summed E-state index contributed by atoms with van der Waals surface area (Å²) in [4.78, 5) is 0. The van der Waals surface area contributed by atoms with Crippen LogP contribution in [-0.2, 0) is 12.7 Å². The second-order valence-electron chi connectivity index (χ2n) is 5.34. The van der Waals surface area contributed by atoms with Crippen LogP contribution in [0.25, 0.3) is 10.9 Å². The lowest BCUT2D eigenvalue weighted by Gasteiger charge is -2.12. The Labute approximate surface area is 141 Å². The number of alkyl halides is 3. The van der Waals surface area contributed by atoms with E-state index in [1.807, 2.05) is 13.0 Å². The van der Waals surface area contributed by atoms with Gasteiger partial charge >= 0.3 is 6.18 Å². The predicted octanol–water partition coefficient (Wildman–Crippen LogP) is 6.32. The molecular weight excluding hydrogens is 346 g/mol. The van der Waals surface area contributed by atoms with Gasteiger partial charge in [-0.3, -0.25) is 0 Å². The molecule has 0 unspecified atom stereocenters. The lowest BCUT2D eigenvalue weighted by molar-refractivity contribution is -0.136. The van der Waals surface area contributed by atoms with Gasteiger partial charge in [0.2, 0.25) is 0 Å². The first-order valence-corrected chi connectivity index (χ1v) is 7.63. The summed E-state index contributed by atoms with van der Waals surface area (Å²) in [6.45, 7) is 2.17. The molecule has 0 aliphatic heterocycles. The molecule has 0 atom stereocenters. The van der Waals surface area contributed by atoms with Gasteiger partial charge in [-0.2, -0.15) is 13.2 Å². The van der Waals surface area contributed by atoms with E-state index in [4.69, 9.17) is 23.2 Å². The van der Waals surface area contributed by atoms with Crippen molar-refractivity contribution in [3.63, 3.8) is 0 Å². The first kappa shape index (κ1) is 16.2. The van der Waals surface area contributed by atoms with Crippen LogP contribution in [0.3, 0.4) is 0 Å². The molecule has 0 N–H and O–H groups in total. The number of fused-ring (bicyclic) bond motifs is 1. The maximum Gasteiger partial charge on any atom is 0.417 e. The summed E-state index contributed by atoms with van der Waals surface area (Å²) in [6.07, 6.45) is -2.76. The molecule has 23 heavy (non-hydrogen) atoms. The number of aryl methyl sites for hydroxylation is 1. The van der Waals surface area contributed by atoms with E-state index in [9.17, 15) is 13.2 Å². The minimum Gasteiger partial charge on any atom is -0.343 e. The maximum absolute atomic E-state index is 13.1. The molecule has 1 nitrogen and oxygen atoms in total. The van der Waals surface area contributed by atoms with Crippen molar-refractivity contribution >= 4 is 34.1 Å². The Morgan fingerprint density at radius 2 is 1.78 bits per heavy atom. The summed E-state index contributed by atoms with van der Waals surface area (Å²) < 4.78 is 41.0. The van der Waals surface area contributed by atoms with Crippen LogP contribution in [0.2, 0.25) is 10.0 Å². The molecule has 1 heterocycles.